The molecule has 12 nitrogen and oxygen atoms in total. The van der Waals surface area contributed by atoms with Crippen LogP contribution in [0.5, 0.6) is 11.5 Å². The maximum Gasteiger partial charge on any atom is 0.488 e. The van der Waals surface area contributed by atoms with Gasteiger partial charge >= 0.3 is 19.1 Å². The van der Waals surface area contributed by atoms with Gasteiger partial charge in [0.15, 0.2) is 0 Å². The first-order valence-electron chi connectivity index (χ1n) is 9.20. The second-order valence-electron chi connectivity index (χ2n) is 6.55. The van der Waals surface area contributed by atoms with Gasteiger partial charge in [-0.05, 0) is 29.7 Å². The summed E-state index contributed by atoms with van der Waals surface area (Å²) in [6.45, 7) is 0. The molecule has 0 aliphatic rings. The third-order valence-electron chi connectivity index (χ3n) is 4.37. The molecule has 3 rings (SSSR count). The molecule has 0 unspecified atom stereocenters. The number of ether oxygens (including phenoxy) is 2. The summed E-state index contributed by atoms with van der Waals surface area (Å²) in [5, 5.41) is 40.6. The molecule has 0 aliphatic carbocycles. The van der Waals surface area contributed by atoms with E-state index in [2.05, 4.69) is 0 Å². The Morgan fingerprint density at radius 1 is 0.824 bits per heavy atom. The van der Waals surface area contributed by atoms with E-state index in [1.54, 1.807) is 0 Å². The van der Waals surface area contributed by atoms with Crippen molar-refractivity contribution in [1.29, 1.82) is 0 Å². The molecule has 0 saturated carbocycles. The Hall–Kier alpha value is -4.33. The number of hydrogen-bond acceptors (Lipinski definition) is 10. The number of nitrogens with zero attached hydrogens (tertiary/aromatic N) is 2. The van der Waals surface area contributed by atoms with Crippen LogP contribution in [-0.4, -0.2) is 39.0 Å². The smallest absolute Gasteiger partial charge is 0.423 e. The number of benzene rings is 3. The number of nitro groups is 2. The number of carbonyl (C=O) groups is 2. The molecule has 2 N–H and O–H groups in total. The number of rotatable bonds is 7. The number of hydrogen-bond donors (Lipinski definition) is 2. The van der Waals surface area contributed by atoms with Crippen molar-refractivity contribution in [3.05, 3.63) is 97.0 Å². The number of halogens is 1. The van der Waals surface area contributed by atoms with E-state index in [-0.39, 0.29) is 27.5 Å². The Kier molecular flexibility index (Phi) is 7.21. The van der Waals surface area contributed by atoms with Gasteiger partial charge in [-0.3, -0.25) is 20.2 Å². The van der Waals surface area contributed by atoms with E-state index in [0.29, 0.717) is 0 Å². The zero-order chi connectivity index (χ0) is 25.0. The van der Waals surface area contributed by atoms with Crippen LogP contribution in [-0.2, 0) is 0 Å². The lowest BCUT2D eigenvalue weighted by Gasteiger charge is -2.10. The molecule has 34 heavy (non-hydrogen) atoms. The molecule has 3 aromatic rings. The fourth-order valence-corrected chi connectivity index (χ4v) is 3.00. The highest BCUT2D eigenvalue weighted by atomic mass is 35.5. The standard InChI is InChI=1S/C20H12BClN2O10/c22-15-10-12(33-19(25)13-3-1-2-4-16(13)23(29)30)6-8-18(15)34-20(26)14-9-11(21(27)28)5-7-17(14)24(31)32/h1-10,27-28H. The van der Waals surface area contributed by atoms with Gasteiger partial charge in [0.2, 0.25) is 0 Å². The zero-order valence-electron chi connectivity index (χ0n) is 16.8. The molecule has 14 heteroatoms. The molecule has 0 radical (unpaired) electrons. The van der Waals surface area contributed by atoms with Gasteiger partial charge in [-0.1, -0.05) is 29.8 Å². The highest BCUT2D eigenvalue weighted by Gasteiger charge is 2.26. The summed E-state index contributed by atoms with van der Waals surface area (Å²) in [5.74, 6) is -2.60. The summed E-state index contributed by atoms with van der Waals surface area (Å²) in [6.07, 6.45) is 0. The largest absolute Gasteiger partial charge is 0.488 e. The van der Waals surface area contributed by atoms with Gasteiger partial charge in [-0.2, -0.15) is 0 Å². The Labute approximate surface area is 195 Å². The van der Waals surface area contributed by atoms with Crippen LogP contribution in [0, 0.1) is 20.2 Å². The van der Waals surface area contributed by atoms with Gasteiger partial charge in [0.1, 0.15) is 22.6 Å². The quantitative estimate of drug-likeness (QED) is 0.165. The molecule has 0 saturated heterocycles. The van der Waals surface area contributed by atoms with Crippen LogP contribution in [0.1, 0.15) is 20.7 Å². The highest BCUT2D eigenvalue weighted by molar-refractivity contribution is 6.58. The van der Waals surface area contributed by atoms with E-state index in [9.17, 15) is 39.9 Å². The summed E-state index contributed by atoms with van der Waals surface area (Å²) in [6, 6.07) is 11.4. The molecule has 0 atom stereocenters. The highest BCUT2D eigenvalue weighted by Crippen LogP contribution is 2.31. The number of para-hydroxylation sites is 1. The maximum absolute atomic E-state index is 12.5. The molecule has 0 spiro atoms. The van der Waals surface area contributed by atoms with Crippen molar-refractivity contribution < 1.29 is 39.0 Å². The van der Waals surface area contributed by atoms with Crippen molar-refractivity contribution in [3.63, 3.8) is 0 Å². The lowest BCUT2D eigenvalue weighted by Crippen LogP contribution is -2.31. The Balaban J connectivity index is 1.82. The number of esters is 2. The second kappa shape index (κ2) is 10.1. The summed E-state index contributed by atoms with van der Waals surface area (Å²) in [4.78, 5) is 45.5. The van der Waals surface area contributed by atoms with Gasteiger partial charge in [0, 0.05) is 18.2 Å². The van der Waals surface area contributed by atoms with Crippen LogP contribution >= 0.6 is 11.6 Å². The van der Waals surface area contributed by atoms with Crippen LogP contribution in [0.2, 0.25) is 5.02 Å². The molecule has 0 amide bonds. The van der Waals surface area contributed by atoms with Gasteiger partial charge < -0.3 is 19.5 Å². The Morgan fingerprint density at radius 3 is 2.06 bits per heavy atom. The molecule has 0 fully saturated rings. The van der Waals surface area contributed by atoms with Crippen molar-refractivity contribution in [2.45, 2.75) is 0 Å². The fourth-order valence-electron chi connectivity index (χ4n) is 2.79. The molecule has 3 aromatic carbocycles. The predicted octanol–water partition coefficient (Wildman–Crippen LogP) is 2.27. The van der Waals surface area contributed by atoms with Crippen LogP contribution in [0.4, 0.5) is 11.4 Å². The Bertz CT molecular complexity index is 1310. The minimum Gasteiger partial charge on any atom is -0.423 e. The van der Waals surface area contributed by atoms with Crippen molar-refractivity contribution in [2.24, 2.45) is 0 Å². The third-order valence-corrected chi connectivity index (χ3v) is 4.67. The van der Waals surface area contributed by atoms with Gasteiger partial charge in [0.05, 0.1) is 14.9 Å². The van der Waals surface area contributed by atoms with Crippen LogP contribution < -0.4 is 14.9 Å². The summed E-state index contributed by atoms with van der Waals surface area (Å²) >= 11 is 6.07. The van der Waals surface area contributed by atoms with E-state index in [1.165, 1.54) is 24.3 Å². The molecule has 0 aliphatic heterocycles. The van der Waals surface area contributed by atoms with Crippen molar-refractivity contribution >= 4 is 47.5 Å². The maximum atomic E-state index is 12.5. The van der Waals surface area contributed by atoms with E-state index >= 15 is 0 Å². The molecule has 0 heterocycles. The average Bonchev–Trinajstić information content (AvgIpc) is 2.80. The van der Waals surface area contributed by atoms with Crippen LogP contribution in [0.3, 0.4) is 0 Å². The van der Waals surface area contributed by atoms with E-state index in [4.69, 9.17) is 21.1 Å². The summed E-state index contributed by atoms with van der Waals surface area (Å²) < 4.78 is 10.2. The predicted molar refractivity (Wildman–Crippen MR) is 117 cm³/mol. The number of carbonyl (C=O) groups excluding carboxylic acids is 2. The van der Waals surface area contributed by atoms with E-state index < -0.39 is 45.8 Å². The summed E-state index contributed by atoms with van der Waals surface area (Å²) in [7, 11) is -1.98. The van der Waals surface area contributed by atoms with Gasteiger partial charge in [-0.25, -0.2) is 9.59 Å². The van der Waals surface area contributed by atoms with Crippen LogP contribution in [0.15, 0.2) is 60.7 Å². The normalized spacial score (nSPS) is 10.3. The second-order valence-corrected chi connectivity index (χ2v) is 6.96. The van der Waals surface area contributed by atoms with Crippen molar-refractivity contribution in [3.8, 4) is 11.5 Å². The molecular weight excluding hydrogens is 474 g/mol. The fraction of sp³-hybridized carbons (Fsp3) is 0. The molecular formula is C20H12BClN2O10. The third kappa shape index (κ3) is 5.35. The summed E-state index contributed by atoms with van der Waals surface area (Å²) in [5.41, 5.74) is -2.13. The first-order valence-corrected chi connectivity index (χ1v) is 9.58. The molecule has 0 aromatic heterocycles. The zero-order valence-corrected chi connectivity index (χ0v) is 17.5. The minimum atomic E-state index is -1.98. The topological polar surface area (TPSA) is 179 Å². The minimum absolute atomic E-state index is 0.121. The number of nitro benzene ring substituents is 2. The van der Waals surface area contributed by atoms with Crippen LogP contribution in [0.25, 0.3) is 0 Å². The monoisotopic (exact) mass is 486 g/mol. The first kappa shape index (κ1) is 24.3. The molecule has 0 bridgehead atoms. The SMILES string of the molecule is O=C(Oc1ccc(OC(=O)c2cc(B(O)O)ccc2[N+](=O)[O-])c(Cl)c1)c1ccccc1[N+](=O)[O-]. The average molecular weight is 487 g/mol. The molecule has 172 valence electrons. The van der Waals surface area contributed by atoms with E-state index in [1.807, 2.05) is 0 Å². The van der Waals surface area contributed by atoms with Crippen molar-refractivity contribution in [1.82, 2.24) is 0 Å². The van der Waals surface area contributed by atoms with Gasteiger partial charge in [-0.15, -0.1) is 0 Å². The van der Waals surface area contributed by atoms with E-state index in [0.717, 1.165) is 36.4 Å². The lowest BCUT2D eigenvalue weighted by molar-refractivity contribution is -0.385. The van der Waals surface area contributed by atoms with Gasteiger partial charge in [0.25, 0.3) is 11.4 Å². The van der Waals surface area contributed by atoms with Crippen molar-refractivity contribution in [2.75, 3.05) is 0 Å². The first-order chi connectivity index (χ1) is 16.1. The Morgan fingerprint density at radius 2 is 1.44 bits per heavy atom. The lowest BCUT2D eigenvalue weighted by atomic mass is 9.79.